The number of aliphatic hydroxyl groups is 2. The van der Waals surface area contributed by atoms with Crippen molar-refractivity contribution < 1.29 is 36.7 Å². The molecule has 0 bridgehead atoms. The summed E-state index contributed by atoms with van der Waals surface area (Å²) in [5.41, 5.74) is -3.34. The fraction of sp³-hybridized carbons (Fsp3) is 0.667. The molecule has 0 aliphatic carbocycles. The molecule has 0 atom stereocenters. The Labute approximate surface area is 184 Å². The molecule has 1 aliphatic heterocycles. The molecular weight excluding hydrogens is 457 g/mol. The van der Waals surface area contributed by atoms with E-state index in [9.17, 15) is 41.9 Å². The van der Waals surface area contributed by atoms with Crippen molar-refractivity contribution in [3.8, 4) is 0 Å². The third kappa shape index (κ3) is 6.07. The van der Waals surface area contributed by atoms with Crippen LogP contribution < -0.4 is 4.90 Å². The molecule has 2 N–H and O–H groups in total. The summed E-state index contributed by atoms with van der Waals surface area (Å²) in [6.07, 6.45) is -4.25. The van der Waals surface area contributed by atoms with Gasteiger partial charge in [-0.3, -0.25) is 10.1 Å². The first-order valence-corrected chi connectivity index (χ1v) is 11.4. The van der Waals surface area contributed by atoms with Crippen molar-refractivity contribution in [2.24, 2.45) is 0 Å². The largest absolute Gasteiger partial charge is 0.418 e. The summed E-state index contributed by atoms with van der Waals surface area (Å²) >= 11 is 0. The van der Waals surface area contributed by atoms with Gasteiger partial charge in [-0.15, -0.1) is 0 Å². The van der Waals surface area contributed by atoms with Crippen molar-refractivity contribution in [3.05, 3.63) is 27.8 Å². The van der Waals surface area contributed by atoms with E-state index in [1.54, 1.807) is 0 Å². The minimum atomic E-state index is -5.12. The van der Waals surface area contributed by atoms with Gasteiger partial charge in [-0.25, -0.2) is 8.42 Å². The summed E-state index contributed by atoms with van der Waals surface area (Å²) in [5, 5.41) is 30.0. The van der Waals surface area contributed by atoms with E-state index in [0.717, 1.165) is 9.21 Å². The van der Waals surface area contributed by atoms with Crippen LogP contribution in [0.2, 0.25) is 0 Å². The minimum Gasteiger partial charge on any atom is -0.395 e. The maximum Gasteiger partial charge on any atom is 0.418 e. The lowest BCUT2D eigenvalue weighted by molar-refractivity contribution is -0.385. The summed E-state index contributed by atoms with van der Waals surface area (Å²) in [6, 6.07) is 0.894. The van der Waals surface area contributed by atoms with Crippen molar-refractivity contribution in [2.45, 2.75) is 23.9 Å². The number of non-ortho nitro benzene ring substituents is 1. The summed E-state index contributed by atoms with van der Waals surface area (Å²) in [7, 11) is -2.69. The number of benzene rings is 1. The SMILES string of the molecule is CN1CCCN(S(=O)(=O)c2cc([N+](=O)[O-])cc(C(F)(F)F)c2N(CCO)CCO)CCC1. The van der Waals surface area contributed by atoms with Crippen LogP contribution in [0.4, 0.5) is 24.5 Å². The predicted octanol–water partition coefficient (Wildman–Crippen LogP) is 1.12. The van der Waals surface area contributed by atoms with E-state index in [1.807, 2.05) is 11.9 Å². The average Bonchev–Trinajstić information content (AvgIpc) is 2.68. The average molecular weight is 484 g/mol. The summed E-state index contributed by atoms with van der Waals surface area (Å²) in [6.45, 7) is -0.810. The van der Waals surface area contributed by atoms with E-state index in [2.05, 4.69) is 0 Å². The minimum absolute atomic E-state index is 0.0379. The van der Waals surface area contributed by atoms with Gasteiger partial charge in [-0.1, -0.05) is 0 Å². The molecule has 0 saturated carbocycles. The molecule has 1 heterocycles. The molecule has 32 heavy (non-hydrogen) atoms. The number of hydrogen-bond donors (Lipinski definition) is 2. The highest BCUT2D eigenvalue weighted by atomic mass is 32.2. The Kier molecular flexibility index (Phi) is 8.82. The van der Waals surface area contributed by atoms with Crippen molar-refractivity contribution >= 4 is 21.4 Å². The Morgan fingerprint density at radius 3 is 2.06 bits per heavy atom. The number of nitrogens with zero attached hydrogens (tertiary/aromatic N) is 4. The Hall–Kier alpha value is -2.00. The smallest absolute Gasteiger partial charge is 0.395 e. The van der Waals surface area contributed by atoms with E-state index in [0.29, 0.717) is 32.0 Å². The second-order valence-corrected chi connectivity index (χ2v) is 9.35. The van der Waals surface area contributed by atoms with Crippen LogP contribution in [-0.4, -0.2) is 92.3 Å². The quantitative estimate of drug-likeness (QED) is 0.415. The standard InChI is InChI=1S/C18H27F3N4O6S/c1-22-4-2-6-24(7-3-5-22)32(30,31)16-13-14(25(28)29)12-15(18(19,20)21)17(16)23(8-10-26)9-11-27/h12-13,26-27H,2-11H2,1H3. The number of nitro benzene ring substituents is 1. The molecule has 14 heteroatoms. The van der Waals surface area contributed by atoms with E-state index in [-0.39, 0.29) is 19.2 Å². The summed E-state index contributed by atoms with van der Waals surface area (Å²) in [5.74, 6) is 0. The first-order valence-electron chi connectivity index (χ1n) is 9.98. The van der Waals surface area contributed by atoms with E-state index < -0.39 is 69.3 Å². The van der Waals surface area contributed by atoms with Gasteiger partial charge in [0.15, 0.2) is 0 Å². The lowest BCUT2D eigenvalue weighted by Gasteiger charge is -2.32. The van der Waals surface area contributed by atoms with Crippen LogP contribution in [0.1, 0.15) is 18.4 Å². The zero-order chi connectivity index (χ0) is 24.1. The van der Waals surface area contributed by atoms with Gasteiger partial charge < -0.3 is 20.0 Å². The fourth-order valence-corrected chi connectivity index (χ4v) is 5.42. The lowest BCUT2D eigenvalue weighted by atomic mass is 10.1. The molecule has 2 rings (SSSR count). The highest BCUT2D eigenvalue weighted by molar-refractivity contribution is 7.89. The topological polar surface area (TPSA) is 127 Å². The van der Waals surface area contributed by atoms with E-state index in [4.69, 9.17) is 0 Å². The molecule has 10 nitrogen and oxygen atoms in total. The van der Waals surface area contributed by atoms with Crippen LogP contribution in [0.25, 0.3) is 0 Å². The van der Waals surface area contributed by atoms with Crippen molar-refractivity contribution in [2.75, 3.05) is 64.4 Å². The van der Waals surface area contributed by atoms with Gasteiger partial charge >= 0.3 is 6.18 Å². The molecule has 1 fully saturated rings. The van der Waals surface area contributed by atoms with Crippen LogP contribution in [0, 0.1) is 10.1 Å². The number of rotatable bonds is 8. The van der Waals surface area contributed by atoms with Gasteiger partial charge in [0, 0.05) is 38.3 Å². The van der Waals surface area contributed by atoms with Crippen LogP contribution >= 0.6 is 0 Å². The number of sulfonamides is 1. The monoisotopic (exact) mass is 484 g/mol. The van der Waals surface area contributed by atoms with Crippen molar-refractivity contribution in [1.29, 1.82) is 0 Å². The van der Waals surface area contributed by atoms with Gasteiger partial charge in [-0.05, 0) is 33.0 Å². The second-order valence-electron chi connectivity index (χ2n) is 7.44. The lowest BCUT2D eigenvalue weighted by Crippen LogP contribution is -2.40. The van der Waals surface area contributed by atoms with Crippen molar-refractivity contribution in [3.63, 3.8) is 0 Å². The molecule has 182 valence electrons. The second kappa shape index (κ2) is 10.7. The molecule has 1 aliphatic rings. The molecular formula is C18H27F3N4O6S. The molecule has 0 spiro atoms. The van der Waals surface area contributed by atoms with E-state index in [1.165, 1.54) is 0 Å². The highest BCUT2D eigenvalue weighted by Crippen LogP contribution is 2.43. The number of hydrogen-bond acceptors (Lipinski definition) is 8. The van der Waals surface area contributed by atoms with Crippen LogP contribution in [0.15, 0.2) is 17.0 Å². The third-order valence-electron chi connectivity index (χ3n) is 5.14. The van der Waals surface area contributed by atoms with Gasteiger partial charge in [0.1, 0.15) is 4.90 Å². The maximum atomic E-state index is 13.9. The molecule has 0 aromatic heterocycles. The Balaban J connectivity index is 2.76. The Morgan fingerprint density at radius 2 is 1.62 bits per heavy atom. The number of aliphatic hydroxyl groups excluding tert-OH is 2. The molecule has 1 saturated heterocycles. The number of anilines is 1. The number of halogens is 3. The van der Waals surface area contributed by atoms with Gasteiger partial charge in [0.05, 0.1) is 29.4 Å². The summed E-state index contributed by atoms with van der Waals surface area (Å²) < 4.78 is 69.8. The molecule has 0 unspecified atom stereocenters. The van der Waals surface area contributed by atoms with Crippen LogP contribution in [0.3, 0.4) is 0 Å². The maximum absolute atomic E-state index is 13.9. The van der Waals surface area contributed by atoms with Gasteiger partial charge in [-0.2, -0.15) is 17.5 Å². The molecule has 1 aromatic carbocycles. The first kappa shape index (κ1) is 26.3. The molecule has 1 aromatic rings. The number of nitro groups is 1. The normalized spacial score (nSPS) is 17.1. The zero-order valence-electron chi connectivity index (χ0n) is 17.6. The Morgan fingerprint density at radius 1 is 1.09 bits per heavy atom. The third-order valence-corrected chi connectivity index (χ3v) is 7.06. The van der Waals surface area contributed by atoms with Gasteiger partial charge in [0.2, 0.25) is 10.0 Å². The van der Waals surface area contributed by atoms with Crippen LogP contribution in [-0.2, 0) is 16.2 Å². The van der Waals surface area contributed by atoms with Crippen LogP contribution in [0.5, 0.6) is 0 Å². The first-order chi connectivity index (χ1) is 14.9. The highest BCUT2D eigenvalue weighted by Gasteiger charge is 2.42. The number of alkyl halides is 3. The zero-order valence-corrected chi connectivity index (χ0v) is 18.4. The molecule has 0 radical (unpaired) electrons. The fourth-order valence-electron chi connectivity index (χ4n) is 3.65. The molecule has 0 amide bonds. The van der Waals surface area contributed by atoms with Crippen molar-refractivity contribution in [1.82, 2.24) is 9.21 Å². The summed E-state index contributed by atoms with van der Waals surface area (Å²) in [4.78, 5) is 12.3. The van der Waals surface area contributed by atoms with E-state index >= 15 is 0 Å². The Bertz CT molecular complexity index is 897. The van der Waals surface area contributed by atoms with Gasteiger partial charge in [0.25, 0.3) is 5.69 Å². The predicted molar refractivity (Wildman–Crippen MR) is 110 cm³/mol.